The van der Waals surface area contributed by atoms with Gasteiger partial charge in [0.1, 0.15) is 0 Å². The quantitative estimate of drug-likeness (QED) is 0.311. The molecular weight excluding hydrogens is 330 g/mol. The molecule has 0 saturated heterocycles. The first-order valence-corrected chi connectivity index (χ1v) is 10.7. The highest BCUT2D eigenvalue weighted by Gasteiger charge is 2.17. The summed E-state index contributed by atoms with van der Waals surface area (Å²) in [5.41, 5.74) is 0. The number of Topliss-reactive ketones (excluding diaryl/α,β-unsaturated/α-hetero) is 1. The highest BCUT2D eigenvalue weighted by Crippen LogP contribution is 2.13. The highest BCUT2D eigenvalue weighted by molar-refractivity contribution is 7.99. The Balaban J connectivity index is 3.45. The molecule has 1 unspecified atom stereocenters. The fourth-order valence-electron chi connectivity index (χ4n) is 2.45. The molecule has 0 aromatic carbocycles. The number of alkyl halides is 1. The molecule has 23 heavy (non-hydrogen) atoms. The van der Waals surface area contributed by atoms with Gasteiger partial charge in [-0.05, 0) is 12.2 Å². The molecule has 0 aliphatic carbocycles. The summed E-state index contributed by atoms with van der Waals surface area (Å²) in [6.45, 7) is 3.68. The van der Waals surface area contributed by atoms with Gasteiger partial charge in [0, 0.05) is 12.7 Å². The van der Waals surface area contributed by atoms with Crippen LogP contribution in [0.2, 0.25) is 0 Å². The molecule has 0 fully saturated rings. The zero-order chi connectivity index (χ0) is 17.3. The topological polar surface area (TPSA) is 46.2 Å². The standard InChI is InChI=1S/C18H34ClNO2S/c1-3-4-5-6-7-8-9-10-11-12-13-23-15-17(18(22)14-19)20-16(2)21/h17H,3-15H2,1-2H3,(H,20,21). The van der Waals surface area contributed by atoms with Crippen molar-refractivity contribution in [1.82, 2.24) is 5.32 Å². The first-order valence-electron chi connectivity index (χ1n) is 9.05. The number of ketones is 1. The van der Waals surface area contributed by atoms with E-state index in [9.17, 15) is 9.59 Å². The van der Waals surface area contributed by atoms with E-state index < -0.39 is 6.04 Å². The Morgan fingerprint density at radius 2 is 1.48 bits per heavy atom. The second kappa shape index (κ2) is 16.6. The minimum Gasteiger partial charge on any atom is -0.346 e. The molecular formula is C18H34ClNO2S. The Labute approximate surface area is 151 Å². The Morgan fingerprint density at radius 3 is 1.96 bits per heavy atom. The summed E-state index contributed by atoms with van der Waals surface area (Å²) < 4.78 is 0. The molecule has 0 radical (unpaired) electrons. The second-order valence-electron chi connectivity index (χ2n) is 6.11. The van der Waals surface area contributed by atoms with Crippen LogP contribution in [0, 0.1) is 0 Å². The SMILES string of the molecule is CCCCCCCCCCCCSCC(NC(C)=O)C(=O)CCl. The summed E-state index contributed by atoms with van der Waals surface area (Å²) in [6, 6.07) is -0.432. The lowest BCUT2D eigenvalue weighted by Crippen LogP contribution is -2.42. The number of hydrogen-bond acceptors (Lipinski definition) is 3. The van der Waals surface area contributed by atoms with E-state index in [-0.39, 0.29) is 17.6 Å². The van der Waals surface area contributed by atoms with Crippen LogP contribution >= 0.6 is 23.4 Å². The van der Waals surface area contributed by atoms with Crippen LogP contribution in [0.1, 0.15) is 78.1 Å². The number of nitrogens with one attached hydrogen (secondary N) is 1. The molecule has 0 aliphatic rings. The van der Waals surface area contributed by atoms with Gasteiger partial charge in [-0.15, -0.1) is 11.6 Å². The van der Waals surface area contributed by atoms with Gasteiger partial charge in [-0.1, -0.05) is 64.7 Å². The van der Waals surface area contributed by atoms with Crippen LogP contribution in [-0.2, 0) is 9.59 Å². The molecule has 1 N–H and O–H groups in total. The third-order valence-corrected chi connectivity index (χ3v) is 5.23. The molecule has 1 amide bonds. The van der Waals surface area contributed by atoms with E-state index >= 15 is 0 Å². The van der Waals surface area contributed by atoms with E-state index in [0.717, 1.165) is 5.75 Å². The fraction of sp³-hybridized carbons (Fsp3) is 0.889. The lowest BCUT2D eigenvalue weighted by Gasteiger charge is -2.15. The zero-order valence-electron chi connectivity index (χ0n) is 14.9. The Kier molecular flexibility index (Phi) is 16.5. The molecule has 0 aromatic heterocycles. The normalized spacial score (nSPS) is 12.1. The molecule has 0 heterocycles. The molecule has 0 aromatic rings. The largest absolute Gasteiger partial charge is 0.346 e. The van der Waals surface area contributed by atoms with Gasteiger partial charge < -0.3 is 5.32 Å². The summed E-state index contributed by atoms with van der Waals surface area (Å²) in [6.07, 6.45) is 13.3. The molecule has 0 saturated carbocycles. The van der Waals surface area contributed by atoms with Gasteiger partial charge in [-0.25, -0.2) is 0 Å². The van der Waals surface area contributed by atoms with Crippen molar-refractivity contribution < 1.29 is 9.59 Å². The first-order chi connectivity index (χ1) is 11.1. The fourth-order valence-corrected chi connectivity index (χ4v) is 3.71. The van der Waals surface area contributed by atoms with Gasteiger partial charge in [0.15, 0.2) is 5.78 Å². The zero-order valence-corrected chi connectivity index (χ0v) is 16.4. The van der Waals surface area contributed by atoms with E-state index in [0.29, 0.717) is 5.75 Å². The Bertz CT molecular complexity index is 313. The van der Waals surface area contributed by atoms with Crippen LogP contribution < -0.4 is 5.32 Å². The van der Waals surface area contributed by atoms with Crippen molar-refractivity contribution in [3.05, 3.63) is 0 Å². The highest BCUT2D eigenvalue weighted by atomic mass is 35.5. The Hall–Kier alpha value is -0.220. The van der Waals surface area contributed by atoms with E-state index in [4.69, 9.17) is 11.6 Å². The number of amides is 1. The van der Waals surface area contributed by atoms with Crippen molar-refractivity contribution >= 4 is 35.1 Å². The molecule has 1 atom stereocenters. The van der Waals surface area contributed by atoms with Gasteiger partial charge in [-0.3, -0.25) is 9.59 Å². The van der Waals surface area contributed by atoms with E-state index in [1.807, 2.05) is 0 Å². The molecule has 0 rings (SSSR count). The molecule has 0 bridgehead atoms. The van der Waals surface area contributed by atoms with Crippen molar-refractivity contribution in [2.75, 3.05) is 17.4 Å². The van der Waals surface area contributed by atoms with Crippen LogP contribution in [0.3, 0.4) is 0 Å². The van der Waals surface area contributed by atoms with Gasteiger partial charge in [-0.2, -0.15) is 11.8 Å². The number of hydrogen-bond donors (Lipinski definition) is 1. The van der Waals surface area contributed by atoms with Crippen molar-refractivity contribution in [2.45, 2.75) is 84.1 Å². The van der Waals surface area contributed by atoms with Crippen molar-refractivity contribution in [1.29, 1.82) is 0 Å². The van der Waals surface area contributed by atoms with E-state index in [2.05, 4.69) is 12.2 Å². The predicted octanol–water partition coefficient (Wildman–Crippen LogP) is 4.95. The van der Waals surface area contributed by atoms with Crippen LogP contribution in [0.4, 0.5) is 0 Å². The molecule has 0 aliphatic heterocycles. The minimum absolute atomic E-state index is 0.0379. The second-order valence-corrected chi connectivity index (χ2v) is 7.53. The molecule has 3 nitrogen and oxygen atoms in total. The average Bonchev–Trinajstić information content (AvgIpc) is 2.53. The monoisotopic (exact) mass is 363 g/mol. The Morgan fingerprint density at radius 1 is 0.957 bits per heavy atom. The predicted molar refractivity (Wildman–Crippen MR) is 103 cm³/mol. The lowest BCUT2D eigenvalue weighted by atomic mass is 10.1. The molecule has 136 valence electrons. The van der Waals surface area contributed by atoms with Crippen LogP contribution in [0.25, 0.3) is 0 Å². The maximum Gasteiger partial charge on any atom is 0.217 e. The number of carbonyl (C=O) groups excluding carboxylic acids is 2. The van der Waals surface area contributed by atoms with Gasteiger partial charge in [0.2, 0.25) is 5.91 Å². The average molecular weight is 364 g/mol. The summed E-state index contributed by atoms with van der Waals surface area (Å²) in [5, 5.41) is 2.68. The minimum atomic E-state index is -0.432. The van der Waals surface area contributed by atoms with Gasteiger partial charge in [0.05, 0.1) is 11.9 Å². The lowest BCUT2D eigenvalue weighted by molar-refractivity contribution is -0.124. The summed E-state index contributed by atoms with van der Waals surface area (Å²) in [7, 11) is 0. The van der Waals surface area contributed by atoms with Crippen LogP contribution in [-0.4, -0.2) is 35.1 Å². The van der Waals surface area contributed by atoms with Crippen molar-refractivity contribution in [2.24, 2.45) is 0 Å². The van der Waals surface area contributed by atoms with Gasteiger partial charge >= 0.3 is 0 Å². The van der Waals surface area contributed by atoms with Crippen LogP contribution in [0.5, 0.6) is 0 Å². The number of rotatable bonds is 16. The smallest absolute Gasteiger partial charge is 0.217 e. The summed E-state index contributed by atoms with van der Waals surface area (Å²) in [5.74, 6) is 1.36. The maximum atomic E-state index is 11.6. The molecule has 5 heteroatoms. The third kappa shape index (κ3) is 15.1. The summed E-state index contributed by atoms with van der Waals surface area (Å²) >= 11 is 7.30. The number of unbranched alkanes of at least 4 members (excludes halogenated alkanes) is 9. The first kappa shape index (κ1) is 22.8. The van der Waals surface area contributed by atoms with E-state index in [1.165, 1.54) is 71.1 Å². The number of halogens is 1. The van der Waals surface area contributed by atoms with E-state index in [1.54, 1.807) is 11.8 Å². The van der Waals surface area contributed by atoms with Gasteiger partial charge in [0.25, 0.3) is 0 Å². The van der Waals surface area contributed by atoms with Crippen molar-refractivity contribution in [3.63, 3.8) is 0 Å². The van der Waals surface area contributed by atoms with Crippen molar-refractivity contribution in [3.8, 4) is 0 Å². The molecule has 0 spiro atoms. The van der Waals surface area contributed by atoms with Crippen LogP contribution in [0.15, 0.2) is 0 Å². The number of carbonyl (C=O) groups is 2. The maximum absolute atomic E-state index is 11.6. The number of thioether (sulfide) groups is 1. The summed E-state index contributed by atoms with van der Waals surface area (Å²) in [4.78, 5) is 22.7. The third-order valence-electron chi connectivity index (χ3n) is 3.82.